The molecule has 0 aliphatic heterocycles. The Labute approximate surface area is 150 Å². The van der Waals surface area contributed by atoms with Gasteiger partial charge in [-0.05, 0) is 36.4 Å². The van der Waals surface area contributed by atoms with E-state index in [1.165, 1.54) is 43.5 Å². The van der Waals surface area contributed by atoms with Crippen LogP contribution in [-0.2, 0) is 4.74 Å². The van der Waals surface area contributed by atoms with Crippen molar-refractivity contribution in [1.82, 2.24) is 5.32 Å². The monoisotopic (exact) mass is 386 g/mol. The molecule has 0 saturated carbocycles. The molecule has 1 heterocycles. The van der Waals surface area contributed by atoms with E-state index in [-0.39, 0.29) is 15.3 Å². The number of thiophene rings is 1. The molecule has 0 atom stereocenters. The molecule has 6 nitrogen and oxygen atoms in total. The zero-order valence-electron chi connectivity index (χ0n) is 13.3. The minimum absolute atomic E-state index is 0.0244. The van der Waals surface area contributed by atoms with E-state index < -0.39 is 30.5 Å². The smallest absolute Gasteiger partial charge is 0.405 e. The first-order valence-corrected chi connectivity index (χ1v) is 7.96. The molecular weight excluding hydrogens is 373 g/mol. The minimum Gasteiger partial charge on any atom is -0.465 e. The van der Waals surface area contributed by atoms with E-state index in [1.54, 1.807) is 5.32 Å². The van der Waals surface area contributed by atoms with Gasteiger partial charge < -0.3 is 15.4 Å². The lowest BCUT2D eigenvalue weighted by Crippen LogP contribution is -2.33. The molecule has 0 fully saturated rings. The van der Waals surface area contributed by atoms with Crippen molar-refractivity contribution in [3.05, 3.63) is 51.7 Å². The lowest BCUT2D eigenvalue weighted by atomic mass is 10.2. The number of methoxy groups -OCH3 is 1. The third kappa shape index (κ3) is 5.31. The Balaban J connectivity index is 1.98. The van der Waals surface area contributed by atoms with E-state index in [4.69, 9.17) is 0 Å². The number of halogens is 3. The van der Waals surface area contributed by atoms with Gasteiger partial charge in [0, 0.05) is 11.3 Å². The highest BCUT2D eigenvalue weighted by atomic mass is 32.1. The molecule has 2 rings (SSSR count). The van der Waals surface area contributed by atoms with E-state index >= 15 is 0 Å². The topological polar surface area (TPSA) is 84.5 Å². The van der Waals surface area contributed by atoms with Crippen molar-refractivity contribution in [3.8, 4) is 0 Å². The Morgan fingerprint density at radius 1 is 1.00 bits per heavy atom. The Morgan fingerprint density at radius 3 is 2.19 bits per heavy atom. The summed E-state index contributed by atoms with van der Waals surface area (Å²) in [5.41, 5.74) is 0.367. The van der Waals surface area contributed by atoms with Gasteiger partial charge in [-0.25, -0.2) is 4.79 Å². The van der Waals surface area contributed by atoms with Crippen LogP contribution < -0.4 is 10.6 Å². The molecule has 2 amide bonds. The molecule has 1 aromatic heterocycles. The highest BCUT2D eigenvalue weighted by Gasteiger charge is 2.27. The van der Waals surface area contributed by atoms with Gasteiger partial charge in [-0.1, -0.05) is 0 Å². The molecular formula is C16H13F3N2O4S. The summed E-state index contributed by atoms with van der Waals surface area (Å²) in [4.78, 5) is 35.6. The number of carbonyl (C=O) groups is 3. The molecule has 1 aromatic carbocycles. The summed E-state index contributed by atoms with van der Waals surface area (Å²) >= 11 is 0.953. The molecule has 0 aliphatic carbocycles. The van der Waals surface area contributed by atoms with E-state index in [1.807, 2.05) is 0 Å². The third-order valence-corrected chi connectivity index (χ3v) is 4.13. The average molecular weight is 386 g/mol. The zero-order chi connectivity index (χ0) is 19.3. The Hall–Kier alpha value is -2.88. The second-order valence-corrected chi connectivity index (χ2v) is 6.07. The second-order valence-electron chi connectivity index (χ2n) is 4.98. The van der Waals surface area contributed by atoms with Crippen molar-refractivity contribution >= 4 is 34.8 Å². The molecule has 138 valence electrons. The van der Waals surface area contributed by atoms with Crippen LogP contribution in [0.2, 0.25) is 0 Å². The van der Waals surface area contributed by atoms with Crippen LogP contribution >= 0.6 is 11.3 Å². The number of ether oxygens (including phenoxy) is 1. The predicted octanol–water partition coefficient (Wildman–Crippen LogP) is 3.08. The summed E-state index contributed by atoms with van der Waals surface area (Å²) in [7, 11) is 1.23. The number of carbonyl (C=O) groups excluding carboxylic acids is 3. The van der Waals surface area contributed by atoms with Gasteiger partial charge in [0.05, 0.1) is 12.0 Å². The van der Waals surface area contributed by atoms with Gasteiger partial charge >= 0.3 is 12.1 Å². The predicted molar refractivity (Wildman–Crippen MR) is 88.4 cm³/mol. The molecule has 0 aliphatic rings. The molecule has 10 heteroatoms. The van der Waals surface area contributed by atoms with Crippen molar-refractivity contribution in [2.24, 2.45) is 0 Å². The molecule has 2 aromatic rings. The maximum Gasteiger partial charge on any atom is 0.405 e. The average Bonchev–Trinajstić information content (AvgIpc) is 3.09. The lowest BCUT2D eigenvalue weighted by Gasteiger charge is -2.09. The first kappa shape index (κ1) is 19.4. The fraction of sp³-hybridized carbons (Fsp3) is 0.188. The van der Waals surface area contributed by atoms with Crippen molar-refractivity contribution in [2.45, 2.75) is 6.18 Å². The van der Waals surface area contributed by atoms with Crippen LogP contribution in [0.4, 0.5) is 18.9 Å². The van der Waals surface area contributed by atoms with Gasteiger partial charge in [-0.2, -0.15) is 13.2 Å². The fourth-order valence-electron chi connectivity index (χ4n) is 1.85. The quantitative estimate of drug-likeness (QED) is 0.774. The second kappa shape index (κ2) is 8.00. The number of hydrogen-bond acceptors (Lipinski definition) is 5. The van der Waals surface area contributed by atoms with Crippen LogP contribution in [0.25, 0.3) is 0 Å². The maximum absolute atomic E-state index is 12.1. The number of benzene rings is 1. The van der Waals surface area contributed by atoms with Crippen molar-refractivity contribution in [1.29, 1.82) is 0 Å². The minimum atomic E-state index is -4.49. The zero-order valence-corrected chi connectivity index (χ0v) is 14.2. The first-order valence-electron chi connectivity index (χ1n) is 7.14. The molecule has 26 heavy (non-hydrogen) atoms. The number of esters is 1. The normalized spacial score (nSPS) is 10.9. The van der Waals surface area contributed by atoms with Gasteiger partial charge in [-0.3, -0.25) is 9.59 Å². The number of rotatable bonds is 5. The van der Waals surface area contributed by atoms with Crippen LogP contribution in [0.3, 0.4) is 0 Å². The van der Waals surface area contributed by atoms with E-state index in [2.05, 4.69) is 10.1 Å². The number of nitrogens with one attached hydrogen (secondary N) is 2. The van der Waals surface area contributed by atoms with Crippen LogP contribution in [-0.4, -0.2) is 37.6 Å². The Bertz CT molecular complexity index is 816. The standard InChI is InChI=1S/C16H13F3N2O4S/c1-25-15(24)12-7-6-11(26-12)14(23)21-10-4-2-9(3-5-10)13(22)20-8-16(17,18)19/h2-7H,8H2,1H3,(H,20,22)(H,21,23). The van der Waals surface area contributed by atoms with Crippen molar-refractivity contribution in [2.75, 3.05) is 19.0 Å². The van der Waals surface area contributed by atoms with E-state index in [0.29, 0.717) is 5.69 Å². The van der Waals surface area contributed by atoms with E-state index in [9.17, 15) is 27.6 Å². The van der Waals surface area contributed by atoms with Gasteiger partial charge in [0.25, 0.3) is 11.8 Å². The summed E-state index contributed by atoms with van der Waals surface area (Å²) in [5.74, 6) is -1.90. The molecule has 0 bridgehead atoms. The van der Waals surface area contributed by atoms with Gasteiger partial charge in [0.1, 0.15) is 11.4 Å². The maximum atomic E-state index is 12.1. The fourth-order valence-corrected chi connectivity index (χ4v) is 2.67. The molecule has 0 unspecified atom stereocenters. The highest BCUT2D eigenvalue weighted by Crippen LogP contribution is 2.19. The first-order chi connectivity index (χ1) is 12.2. The number of alkyl halides is 3. The SMILES string of the molecule is COC(=O)c1ccc(C(=O)Nc2ccc(C(=O)NCC(F)(F)F)cc2)s1. The van der Waals surface area contributed by atoms with Gasteiger partial charge in [0.15, 0.2) is 0 Å². The molecule has 0 saturated heterocycles. The molecule has 2 N–H and O–H groups in total. The molecule has 0 radical (unpaired) electrons. The summed E-state index contributed by atoms with van der Waals surface area (Å²) in [5, 5.41) is 4.31. The van der Waals surface area contributed by atoms with Crippen LogP contribution in [0.15, 0.2) is 36.4 Å². The van der Waals surface area contributed by atoms with Crippen LogP contribution in [0.1, 0.15) is 29.7 Å². The number of amides is 2. The molecule has 0 spiro atoms. The van der Waals surface area contributed by atoms with Crippen LogP contribution in [0.5, 0.6) is 0 Å². The third-order valence-electron chi connectivity index (χ3n) is 3.07. The van der Waals surface area contributed by atoms with E-state index in [0.717, 1.165) is 11.3 Å². The largest absolute Gasteiger partial charge is 0.465 e. The number of hydrogen-bond donors (Lipinski definition) is 2. The highest BCUT2D eigenvalue weighted by molar-refractivity contribution is 7.16. The summed E-state index contributed by atoms with van der Waals surface area (Å²) in [6.07, 6.45) is -4.49. The Kier molecular flexibility index (Phi) is 5.98. The summed E-state index contributed by atoms with van der Waals surface area (Å²) in [6, 6.07) is 8.26. The summed E-state index contributed by atoms with van der Waals surface area (Å²) < 4.78 is 40.8. The van der Waals surface area contributed by atoms with Crippen molar-refractivity contribution < 1.29 is 32.3 Å². The van der Waals surface area contributed by atoms with Crippen LogP contribution in [0, 0.1) is 0 Å². The van der Waals surface area contributed by atoms with Gasteiger partial charge in [-0.15, -0.1) is 11.3 Å². The lowest BCUT2D eigenvalue weighted by molar-refractivity contribution is -0.123. The Morgan fingerprint density at radius 2 is 1.62 bits per heavy atom. The summed E-state index contributed by atoms with van der Waals surface area (Å²) in [6.45, 7) is -1.43. The van der Waals surface area contributed by atoms with Gasteiger partial charge in [0.2, 0.25) is 0 Å². The van der Waals surface area contributed by atoms with Crippen molar-refractivity contribution in [3.63, 3.8) is 0 Å². The number of anilines is 1.